The SMILES string of the molecule is C/C=c1\c(=C/CC2=CC3=C(CC2)Cc2ccc(-c4ccc(C#N)cc4)cc23)c2c(n1-c1ccc(-c3ccccc3)cc1)C=CCC2. The van der Waals surface area contributed by atoms with Gasteiger partial charge in [0.1, 0.15) is 0 Å². The molecule has 3 aliphatic rings. The van der Waals surface area contributed by atoms with Crippen LogP contribution in [0.25, 0.3) is 51.7 Å². The normalized spacial score (nSPS) is 15.8. The van der Waals surface area contributed by atoms with Crippen LogP contribution in [-0.4, -0.2) is 4.57 Å². The van der Waals surface area contributed by atoms with Crippen LogP contribution >= 0.6 is 0 Å². The highest BCUT2D eigenvalue weighted by Crippen LogP contribution is 2.42. The zero-order chi connectivity index (χ0) is 31.0. The number of hydrogen-bond donors (Lipinski definition) is 0. The second kappa shape index (κ2) is 11.8. The van der Waals surface area contributed by atoms with Crippen LogP contribution in [0.3, 0.4) is 0 Å². The van der Waals surface area contributed by atoms with Gasteiger partial charge in [0.15, 0.2) is 0 Å². The van der Waals surface area contributed by atoms with Crippen molar-refractivity contribution in [2.24, 2.45) is 0 Å². The Labute approximate surface area is 271 Å². The highest BCUT2D eigenvalue weighted by Gasteiger charge is 2.24. The Hall–Kier alpha value is -5.39. The van der Waals surface area contributed by atoms with E-state index >= 15 is 0 Å². The number of rotatable bonds is 5. The number of nitriles is 1. The van der Waals surface area contributed by atoms with Crippen LogP contribution in [0.15, 0.2) is 120 Å². The predicted molar refractivity (Wildman–Crippen MR) is 192 cm³/mol. The molecule has 2 nitrogen and oxygen atoms in total. The molecule has 1 aromatic heterocycles. The van der Waals surface area contributed by atoms with E-state index in [1.165, 1.54) is 66.5 Å². The minimum atomic E-state index is 0.698. The highest BCUT2D eigenvalue weighted by molar-refractivity contribution is 5.87. The standard InChI is InChI=1S/C44H36N2/c1-2-43-40(39-10-6-7-11-44(39)46(43)38-23-21-33(22-24-38)32-8-4-3-5-9-32)25-15-30-12-18-36-27-37-20-19-35(28-42(37)41(36)26-30)34-16-13-31(29-45)14-17-34/h2-5,7-9,11,13-14,16-17,19-26,28H,6,10,12,15,18,27H2,1H3/b40-25-,43-2+. The van der Waals surface area contributed by atoms with E-state index in [2.05, 4.69) is 133 Å². The first-order valence-electron chi connectivity index (χ1n) is 16.5. The van der Waals surface area contributed by atoms with E-state index < -0.39 is 0 Å². The molecule has 0 spiro atoms. The Morgan fingerprint density at radius 1 is 0.804 bits per heavy atom. The van der Waals surface area contributed by atoms with Crippen LogP contribution in [0, 0.1) is 11.3 Å². The van der Waals surface area contributed by atoms with Gasteiger partial charge in [0.25, 0.3) is 0 Å². The molecule has 0 saturated heterocycles. The Bertz CT molecular complexity index is 2230. The zero-order valence-electron chi connectivity index (χ0n) is 26.3. The van der Waals surface area contributed by atoms with Crippen LogP contribution in [0.2, 0.25) is 0 Å². The van der Waals surface area contributed by atoms with Gasteiger partial charge in [-0.25, -0.2) is 0 Å². The molecule has 222 valence electrons. The Balaban J connectivity index is 1.13. The lowest BCUT2D eigenvalue weighted by Crippen LogP contribution is -2.29. The second-order valence-electron chi connectivity index (χ2n) is 12.6. The average Bonchev–Trinajstić information content (AvgIpc) is 3.65. The molecular formula is C44H36N2. The van der Waals surface area contributed by atoms with Crippen molar-refractivity contribution in [2.45, 2.75) is 45.4 Å². The van der Waals surface area contributed by atoms with E-state index in [1.54, 1.807) is 5.57 Å². The van der Waals surface area contributed by atoms with E-state index in [-0.39, 0.29) is 0 Å². The molecule has 0 N–H and O–H groups in total. The van der Waals surface area contributed by atoms with Crippen LogP contribution in [-0.2, 0) is 12.8 Å². The lowest BCUT2D eigenvalue weighted by Gasteiger charge is -2.15. The molecule has 8 rings (SSSR count). The summed E-state index contributed by atoms with van der Waals surface area (Å²) >= 11 is 0. The average molecular weight is 593 g/mol. The zero-order valence-corrected chi connectivity index (χ0v) is 26.3. The van der Waals surface area contributed by atoms with E-state index in [4.69, 9.17) is 0 Å². The van der Waals surface area contributed by atoms with Crippen molar-refractivity contribution >= 4 is 23.8 Å². The predicted octanol–water partition coefficient (Wildman–Crippen LogP) is 9.34. The fourth-order valence-electron chi connectivity index (χ4n) is 7.56. The molecule has 0 saturated carbocycles. The van der Waals surface area contributed by atoms with Gasteiger partial charge in [0.2, 0.25) is 0 Å². The minimum absolute atomic E-state index is 0.698. The molecule has 2 heteroatoms. The van der Waals surface area contributed by atoms with Crippen molar-refractivity contribution in [3.8, 4) is 34.0 Å². The maximum Gasteiger partial charge on any atom is 0.0991 e. The lowest BCUT2D eigenvalue weighted by molar-refractivity contribution is 0.873. The summed E-state index contributed by atoms with van der Waals surface area (Å²) in [5, 5.41) is 11.9. The summed E-state index contributed by atoms with van der Waals surface area (Å²) < 4.78 is 2.46. The summed E-state index contributed by atoms with van der Waals surface area (Å²) in [6, 6.07) is 36.7. The van der Waals surface area contributed by atoms with Crippen molar-refractivity contribution in [1.82, 2.24) is 4.57 Å². The largest absolute Gasteiger partial charge is 0.310 e. The molecule has 0 fully saturated rings. The molecule has 46 heavy (non-hydrogen) atoms. The summed E-state index contributed by atoms with van der Waals surface area (Å²) in [5.74, 6) is 0. The van der Waals surface area contributed by atoms with E-state index in [9.17, 15) is 5.26 Å². The van der Waals surface area contributed by atoms with Crippen molar-refractivity contribution in [2.75, 3.05) is 0 Å². The molecule has 5 aromatic rings. The quantitative estimate of drug-likeness (QED) is 0.200. The second-order valence-corrected chi connectivity index (χ2v) is 12.6. The van der Waals surface area contributed by atoms with Gasteiger partial charge in [0.05, 0.1) is 11.6 Å². The minimum Gasteiger partial charge on any atom is -0.310 e. The molecule has 1 heterocycles. The molecule has 0 aliphatic heterocycles. The molecule has 0 radical (unpaired) electrons. The molecule has 0 unspecified atom stereocenters. The molecule has 3 aliphatic carbocycles. The van der Waals surface area contributed by atoms with Gasteiger partial charge in [-0.15, -0.1) is 0 Å². The molecule has 0 bridgehead atoms. The summed E-state index contributed by atoms with van der Waals surface area (Å²) in [6.07, 6.45) is 18.4. The van der Waals surface area contributed by atoms with Crippen molar-refractivity contribution in [3.63, 3.8) is 0 Å². The molecular weight excluding hydrogens is 556 g/mol. The van der Waals surface area contributed by atoms with Crippen molar-refractivity contribution < 1.29 is 0 Å². The van der Waals surface area contributed by atoms with Gasteiger partial charge in [-0.2, -0.15) is 5.26 Å². The van der Waals surface area contributed by atoms with E-state index in [1.807, 2.05) is 12.1 Å². The molecule has 0 atom stereocenters. The fourth-order valence-corrected chi connectivity index (χ4v) is 7.56. The van der Waals surface area contributed by atoms with Gasteiger partial charge in [0, 0.05) is 16.7 Å². The van der Waals surface area contributed by atoms with E-state index in [0.29, 0.717) is 5.56 Å². The monoisotopic (exact) mass is 592 g/mol. The smallest absolute Gasteiger partial charge is 0.0991 e. The summed E-state index contributed by atoms with van der Waals surface area (Å²) in [7, 11) is 0. The Kier molecular flexibility index (Phi) is 7.24. The van der Waals surface area contributed by atoms with Crippen LogP contribution in [0.1, 0.15) is 60.6 Å². The molecule has 4 aromatic carbocycles. The van der Waals surface area contributed by atoms with Gasteiger partial charge in [-0.05, 0) is 132 Å². The van der Waals surface area contributed by atoms with Gasteiger partial charge in [-0.1, -0.05) is 102 Å². The number of hydrogen-bond acceptors (Lipinski definition) is 1. The number of aromatic nitrogens is 1. The molecule has 0 amide bonds. The third-order valence-corrected chi connectivity index (χ3v) is 9.93. The number of benzene rings is 4. The summed E-state index contributed by atoms with van der Waals surface area (Å²) in [5.41, 5.74) is 16.9. The maximum atomic E-state index is 9.21. The topological polar surface area (TPSA) is 28.7 Å². The fraction of sp³-hybridized carbons (Fsp3) is 0.159. The third kappa shape index (κ3) is 4.99. The third-order valence-electron chi connectivity index (χ3n) is 9.93. The summed E-state index contributed by atoms with van der Waals surface area (Å²) in [6.45, 7) is 2.18. The van der Waals surface area contributed by atoms with Gasteiger partial charge in [-0.3, -0.25) is 0 Å². The first-order valence-corrected chi connectivity index (χ1v) is 16.5. The van der Waals surface area contributed by atoms with Gasteiger partial charge < -0.3 is 4.57 Å². The van der Waals surface area contributed by atoms with Crippen LogP contribution in [0.5, 0.6) is 0 Å². The van der Waals surface area contributed by atoms with Crippen molar-refractivity contribution in [3.05, 3.63) is 159 Å². The van der Waals surface area contributed by atoms with Crippen LogP contribution < -0.4 is 10.6 Å². The number of allylic oxidation sites excluding steroid dienone is 5. The highest BCUT2D eigenvalue weighted by atomic mass is 15.0. The number of fused-ring (bicyclic) bond motifs is 3. The Morgan fingerprint density at radius 2 is 1.54 bits per heavy atom. The summed E-state index contributed by atoms with van der Waals surface area (Å²) in [4.78, 5) is 0. The van der Waals surface area contributed by atoms with E-state index in [0.717, 1.165) is 44.1 Å². The maximum absolute atomic E-state index is 9.21. The number of nitrogens with zero attached hydrogens (tertiary/aromatic N) is 2. The van der Waals surface area contributed by atoms with Crippen LogP contribution in [0.4, 0.5) is 0 Å². The lowest BCUT2D eigenvalue weighted by atomic mass is 9.90. The Morgan fingerprint density at radius 3 is 2.33 bits per heavy atom. The first kappa shape index (κ1) is 28.1. The first-order chi connectivity index (χ1) is 22.7. The van der Waals surface area contributed by atoms with Crippen molar-refractivity contribution in [1.29, 1.82) is 5.26 Å². The van der Waals surface area contributed by atoms with Gasteiger partial charge >= 0.3 is 0 Å².